The third-order valence-electron chi connectivity index (χ3n) is 6.77. The predicted octanol–water partition coefficient (Wildman–Crippen LogP) is 5.78. The fourth-order valence-electron chi connectivity index (χ4n) is 4.89. The lowest BCUT2D eigenvalue weighted by Gasteiger charge is -2.16. The minimum absolute atomic E-state index is 0.111. The molecule has 0 saturated heterocycles. The lowest BCUT2D eigenvalue weighted by Crippen LogP contribution is -2.27. The molecular weight excluding hydrogens is 530 g/mol. The van der Waals surface area contributed by atoms with E-state index in [1.54, 1.807) is 0 Å². The number of nitrogens with zero attached hydrogens (tertiary/aromatic N) is 1. The van der Waals surface area contributed by atoms with Crippen LogP contribution in [0.4, 0.5) is 0 Å². The first-order valence-electron chi connectivity index (χ1n) is 13.5. The standard InChI is InChI=1S/C30H33N3O4S2/c1-3-36-24-12-9-19(15-25(24)37-4-2)13-14-31-26(34)18-39-30-32-28(35)27-23(17-38-29(27)33-30)22-11-10-20-7-5-6-8-21(20)16-22/h9-12,15-17H,3-8,13-14,18H2,1-2H3,(H,31,34)(H,32,33,35). The van der Waals surface area contributed by atoms with Gasteiger partial charge < -0.3 is 19.8 Å². The monoisotopic (exact) mass is 563 g/mol. The van der Waals surface area contributed by atoms with Crippen LogP contribution < -0.4 is 20.3 Å². The van der Waals surface area contributed by atoms with Crippen molar-refractivity contribution in [1.82, 2.24) is 15.3 Å². The van der Waals surface area contributed by atoms with E-state index in [9.17, 15) is 9.59 Å². The molecule has 1 amide bonds. The Morgan fingerprint density at radius 1 is 1.05 bits per heavy atom. The van der Waals surface area contributed by atoms with Crippen LogP contribution in [0.25, 0.3) is 21.3 Å². The molecule has 0 fully saturated rings. The van der Waals surface area contributed by atoms with Crippen LogP contribution in [0.3, 0.4) is 0 Å². The molecular formula is C30H33N3O4S2. The van der Waals surface area contributed by atoms with Gasteiger partial charge in [0.05, 0.1) is 24.4 Å². The number of nitrogens with one attached hydrogen (secondary N) is 2. The summed E-state index contributed by atoms with van der Waals surface area (Å²) < 4.78 is 11.3. The summed E-state index contributed by atoms with van der Waals surface area (Å²) in [5.41, 5.74) is 5.68. The van der Waals surface area contributed by atoms with Crippen molar-refractivity contribution in [2.24, 2.45) is 0 Å². The maximum Gasteiger partial charge on any atom is 0.260 e. The van der Waals surface area contributed by atoms with Gasteiger partial charge in [0.2, 0.25) is 5.91 Å². The molecule has 2 N–H and O–H groups in total. The Bertz CT molecular complexity index is 1530. The van der Waals surface area contributed by atoms with Gasteiger partial charge >= 0.3 is 0 Å². The van der Waals surface area contributed by atoms with Crippen molar-refractivity contribution < 1.29 is 14.3 Å². The third kappa shape index (κ3) is 6.47. The highest BCUT2D eigenvalue weighted by Gasteiger charge is 2.16. The fraction of sp³-hybridized carbons (Fsp3) is 0.367. The van der Waals surface area contributed by atoms with Crippen molar-refractivity contribution in [3.63, 3.8) is 0 Å². The van der Waals surface area contributed by atoms with E-state index >= 15 is 0 Å². The molecule has 2 aromatic heterocycles. The molecule has 0 spiro atoms. The molecule has 0 bridgehead atoms. The molecule has 9 heteroatoms. The van der Waals surface area contributed by atoms with Crippen LogP contribution in [0.2, 0.25) is 0 Å². The average Bonchev–Trinajstić information content (AvgIpc) is 3.38. The fourth-order valence-corrected chi connectivity index (χ4v) is 6.59. The van der Waals surface area contributed by atoms with E-state index in [1.165, 1.54) is 47.1 Å². The van der Waals surface area contributed by atoms with Crippen molar-refractivity contribution in [3.8, 4) is 22.6 Å². The van der Waals surface area contributed by atoms with E-state index < -0.39 is 0 Å². The number of aromatic nitrogens is 2. The zero-order chi connectivity index (χ0) is 27.2. The molecule has 5 rings (SSSR count). The van der Waals surface area contributed by atoms with Gasteiger partial charge in [0.1, 0.15) is 4.83 Å². The molecule has 1 aliphatic carbocycles. The maximum absolute atomic E-state index is 13.0. The first-order chi connectivity index (χ1) is 19.1. The van der Waals surface area contributed by atoms with Crippen molar-refractivity contribution in [2.75, 3.05) is 25.5 Å². The number of rotatable bonds is 11. The number of carbonyl (C=O) groups excluding carboxylic acids is 1. The molecule has 0 saturated carbocycles. The lowest BCUT2D eigenvalue weighted by molar-refractivity contribution is -0.118. The van der Waals surface area contributed by atoms with Crippen LogP contribution in [0.15, 0.2) is 51.7 Å². The number of hydrogen-bond donors (Lipinski definition) is 2. The van der Waals surface area contributed by atoms with Gasteiger partial charge in [-0.25, -0.2) is 4.98 Å². The van der Waals surface area contributed by atoms with Crippen molar-refractivity contribution in [1.29, 1.82) is 0 Å². The van der Waals surface area contributed by atoms with Crippen molar-refractivity contribution >= 4 is 39.2 Å². The predicted molar refractivity (Wildman–Crippen MR) is 159 cm³/mol. The summed E-state index contributed by atoms with van der Waals surface area (Å²) >= 11 is 2.70. The van der Waals surface area contributed by atoms with Gasteiger partial charge in [-0.05, 0) is 80.3 Å². The summed E-state index contributed by atoms with van der Waals surface area (Å²) in [7, 11) is 0. The molecule has 2 aromatic carbocycles. The first kappa shape index (κ1) is 27.3. The molecule has 7 nitrogen and oxygen atoms in total. The summed E-state index contributed by atoms with van der Waals surface area (Å²) in [5, 5.41) is 6.03. The Balaban J connectivity index is 1.18. The molecule has 0 atom stereocenters. The second-order valence-corrected chi connectivity index (χ2v) is 11.2. The van der Waals surface area contributed by atoms with Crippen LogP contribution >= 0.6 is 23.1 Å². The summed E-state index contributed by atoms with van der Waals surface area (Å²) in [5.74, 6) is 1.50. The Morgan fingerprint density at radius 2 is 1.85 bits per heavy atom. The topological polar surface area (TPSA) is 93.3 Å². The van der Waals surface area contributed by atoms with E-state index in [-0.39, 0.29) is 17.2 Å². The lowest BCUT2D eigenvalue weighted by atomic mass is 9.89. The summed E-state index contributed by atoms with van der Waals surface area (Å²) in [6.45, 7) is 5.50. The van der Waals surface area contributed by atoms with Gasteiger partial charge in [0, 0.05) is 17.5 Å². The van der Waals surface area contributed by atoms with Gasteiger partial charge in [-0.2, -0.15) is 0 Å². The van der Waals surface area contributed by atoms with Crippen LogP contribution in [0, 0.1) is 0 Å². The Morgan fingerprint density at radius 3 is 2.67 bits per heavy atom. The van der Waals surface area contributed by atoms with E-state index in [0.29, 0.717) is 47.3 Å². The number of ether oxygens (including phenoxy) is 2. The van der Waals surface area contributed by atoms with Gasteiger partial charge in [-0.3, -0.25) is 9.59 Å². The maximum atomic E-state index is 13.0. The molecule has 4 aromatic rings. The number of H-pyrrole nitrogens is 1. The highest BCUT2D eigenvalue weighted by Crippen LogP contribution is 2.34. The number of fused-ring (bicyclic) bond motifs is 2. The number of hydrogen-bond acceptors (Lipinski definition) is 7. The quantitative estimate of drug-likeness (QED) is 0.178. The van der Waals surface area contributed by atoms with Crippen LogP contribution in [-0.4, -0.2) is 41.4 Å². The second kappa shape index (κ2) is 12.7. The Kier molecular flexibility index (Phi) is 8.88. The third-order valence-corrected chi connectivity index (χ3v) is 8.51. The Hall–Kier alpha value is -3.30. The number of aryl methyl sites for hydroxylation is 2. The summed E-state index contributed by atoms with van der Waals surface area (Å²) in [4.78, 5) is 33.7. The molecule has 0 radical (unpaired) electrons. The van der Waals surface area contributed by atoms with E-state index in [4.69, 9.17) is 9.47 Å². The molecule has 0 aliphatic heterocycles. The molecule has 39 heavy (non-hydrogen) atoms. The number of carbonyl (C=O) groups is 1. The van der Waals surface area contributed by atoms with Gasteiger partial charge in [0.15, 0.2) is 16.7 Å². The largest absolute Gasteiger partial charge is 0.490 e. The van der Waals surface area contributed by atoms with Crippen molar-refractivity contribution in [2.45, 2.75) is 51.1 Å². The first-order valence-corrected chi connectivity index (χ1v) is 15.3. The van der Waals surface area contributed by atoms with Crippen molar-refractivity contribution in [3.05, 3.63) is 68.8 Å². The highest BCUT2D eigenvalue weighted by atomic mass is 32.2. The number of amides is 1. The minimum Gasteiger partial charge on any atom is -0.490 e. The molecule has 204 valence electrons. The molecule has 2 heterocycles. The Labute approximate surface area is 236 Å². The zero-order valence-electron chi connectivity index (χ0n) is 22.3. The average molecular weight is 564 g/mol. The minimum atomic E-state index is -0.169. The van der Waals surface area contributed by atoms with E-state index in [2.05, 4.69) is 33.5 Å². The van der Waals surface area contributed by atoms with Gasteiger partial charge in [-0.15, -0.1) is 11.3 Å². The SMILES string of the molecule is CCOc1ccc(CCNC(=O)CSc2nc3scc(-c4ccc5c(c4)CCCC5)c3c(=O)[nH]2)cc1OCC. The smallest absolute Gasteiger partial charge is 0.260 e. The van der Waals surface area contributed by atoms with Gasteiger partial charge in [0.25, 0.3) is 5.56 Å². The number of aromatic amines is 1. The van der Waals surface area contributed by atoms with Crippen LogP contribution in [0.5, 0.6) is 11.5 Å². The van der Waals surface area contributed by atoms with Gasteiger partial charge in [-0.1, -0.05) is 36.0 Å². The molecule has 0 unspecified atom stereocenters. The number of thioether (sulfide) groups is 1. The summed E-state index contributed by atoms with van der Waals surface area (Å²) in [6, 6.07) is 12.4. The van der Waals surface area contributed by atoms with Crippen LogP contribution in [0.1, 0.15) is 43.4 Å². The molecule has 1 aliphatic rings. The van der Waals surface area contributed by atoms with E-state index in [1.807, 2.05) is 37.4 Å². The van der Waals surface area contributed by atoms with Crippen LogP contribution in [-0.2, 0) is 24.1 Å². The normalized spacial score (nSPS) is 12.8. The number of thiophene rings is 1. The number of benzene rings is 2. The second-order valence-electron chi connectivity index (χ2n) is 9.43. The summed E-state index contributed by atoms with van der Waals surface area (Å²) in [6.07, 6.45) is 5.36. The highest BCUT2D eigenvalue weighted by molar-refractivity contribution is 7.99. The zero-order valence-corrected chi connectivity index (χ0v) is 23.9. The van der Waals surface area contributed by atoms with E-state index in [0.717, 1.165) is 35.3 Å².